The standard InChI is InChI=1S/C15H9ClFN3S/c16-12-6-4-10(5-7-12)9-18-15-20-19-14(21-15)11-2-1-3-13(17)8-11/h1-9H/b18-9+. The van der Waals surface area contributed by atoms with Crippen LogP contribution in [0.5, 0.6) is 0 Å². The SMILES string of the molecule is Fc1cccc(-c2nnc(/N=C/c3ccc(Cl)cc3)s2)c1. The van der Waals surface area contributed by atoms with Crippen LogP contribution in [0, 0.1) is 5.82 Å². The van der Waals surface area contributed by atoms with E-state index in [-0.39, 0.29) is 5.82 Å². The predicted octanol–water partition coefficient (Wildman–Crippen LogP) is 4.75. The van der Waals surface area contributed by atoms with Gasteiger partial charge in [0.1, 0.15) is 10.8 Å². The van der Waals surface area contributed by atoms with Gasteiger partial charge >= 0.3 is 0 Å². The van der Waals surface area contributed by atoms with E-state index < -0.39 is 0 Å². The molecule has 0 spiro atoms. The molecule has 3 nitrogen and oxygen atoms in total. The van der Waals surface area contributed by atoms with Crippen LogP contribution in [0.1, 0.15) is 5.56 Å². The summed E-state index contributed by atoms with van der Waals surface area (Å²) in [7, 11) is 0. The molecular formula is C15H9ClFN3S. The molecule has 1 heterocycles. The van der Waals surface area contributed by atoms with Crippen LogP contribution in [0.15, 0.2) is 53.5 Å². The summed E-state index contributed by atoms with van der Waals surface area (Å²) in [4.78, 5) is 4.26. The Hall–Kier alpha value is -2.11. The van der Waals surface area contributed by atoms with Crippen molar-refractivity contribution < 1.29 is 4.39 Å². The molecule has 0 N–H and O–H groups in total. The van der Waals surface area contributed by atoms with Crippen molar-refractivity contribution in [1.82, 2.24) is 10.2 Å². The summed E-state index contributed by atoms with van der Waals surface area (Å²) >= 11 is 7.12. The van der Waals surface area contributed by atoms with Crippen molar-refractivity contribution in [3.63, 3.8) is 0 Å². The first kappa shape index (κ1) is 13.9. The summed E-state index contributed by atoms with van der Waals surface area (Å²) in [5.74, 6) is -0.297. The largest absolute Gasteiger partial charge is 0.231 e. The Morgan fingerprint density at radius 2 is 1.90 bits per heavy atom. The van der Waals surface area contributed by atoms with Crippen molar-refractivity contribution in [2.24, 2.45) is 4.99 Å². The van der Waals surface area contributed by atoms with Crippen LogP contribution in [0.25, 0.3) is 10.6 Å². The average Bonchev–Trinajstić information content (AvgIpc) is 2.96. The molecule has 0 saturated carbocycles. The maximum absolute atomic E-state index is 13.2. The molecule has 0 aliphatic carbocycles. The normalized spacial score (nSPS) is 11.1. The van der Waals surface area contributed by atoms with E-state index in [0.29, 0.717) is 20.7 Å². The van der Waals surface area contributed by atoms with Crippen LogP contribution in [-0.4, -0.2) is 16.4 Å². The maximum atomic E-state index is 13.2. The lowest BCUT2D eigenvalue weighted by molar-refractivity contribution is 0.628. The summed E-state index contributed by atoms with van der Waals surface area (Å²) in [6, 6.07) is 13.6. The average molecular weight is 318 g/mol. The van der Waals surface area contributed by atoms with Gasteiger partial charge < -0.3 is 0 Å². The molecule has 1 aromatic heterocycles. The molecule has 0 radical (unpaired) electrons. The zero-order valence-electron chi connectivity index (χ0n) is 10.7. The number of nitrogens with zero attached hydrogens (tertiary/aromatic N) is 3. The number of rotatable bonds is 3. The Morgan fingerprint density at radius 3 is 2.67 bits per heavy atom. The minimum Gasteiger partial charge on any atom is -0.226 e. The van der Waals surface area contributed by atoms with Crippen LogP contribution in [-0.2, 0) is 0 Å². The van der Waals surface area contributed by atoms with Gasteiger partial charge in [-0.3, -0.25) is 0 Å². The molecule has 21 heavy (non-hydrogen) atoms. The number of halogens is 2. The minimum atomic E-state index is -0.297. The third-order valence-electron chi connectivity index (χ3n) is 2.68. The van der Waals surface area contributed by atoms with E-state index in [0.717, 1.165) is 5.56 Å². The van der Waals surface area contributed by atoms with E-state index in [1.807, 2.05) is 12.1 Å². The lowest BCUT2D eigenvalue weighted by atomic mass is 10.2. The van der Waals surface area contributed by atoms with Gasteiger partial charge in [0.25, 0.3) is 0 Å². The Labute approximate surface area is 129 Å². The van der Waals surface area contributed by atoms with Gasteiger partial charge in [0.2, 0.25) is 5.13 Å². The molecule has 0 saturated heterocycles. The highest BCUT2D eigenvalue weighted by Gasteiger charge is 2.06. The van der Waals surface area contributed by atoms with Crippen LogP contribution in [0.4, 0.5) is 9.52 Å². The van der Waals surface area contributed by atoms with E-state index >= 15 is 0 Å². The third-order valence-corrected chi connectivity index (χ3v) is 3.81. The van der Waals surface area contributed by atoms with Gasteiger partial charge in [-0.2, -0.15) is 0 Å². The first-order chi connectivity index (χ1) is 10.2. The number of hydrogen-bond acceptors (Lipinski definition) is 4. The second-order valence-corrected chi connectivity index (χ2v) is 5.60. The first-order valence-corrected chi connectivity index (χ1v) is 7.29. The summed E-state index contributed by atoms with van der Waals surface area (Å²) in [5.41, 5.74) is 1.61. The highest BCUT2D eigenvalue weighted by molar-refractivity contribution is 7.18. The predicted molar refractivity (Wildman–Crippen MR) is 84.0 cm³/mol. The Kier molecular flexibility index (Phi) is 4.03. The molecule has 3 aromatic rings. The Bertz CT molecular complexity index is 784. The second kappa shape index (κ2) is 6.11. The van der Waals surface area contributed by atoms with Gasteiger partial charge in [0.05, 0.1) is 0 Å². The van der Waals surface area contributed by atoms with Crippen molar-refractivity contribution in [3.05, 3.63) is 64.9 Å². The highest BCUT2D eigenvalue weighted by Crippen LogP contribution is 2.28. The molecule has 0 fully saturated rings. The molecule has 0 aliphatic rings. The molecule has 0 aliphatic heterocycles. The zero-order valence-corrected chi connectivity index (χ0v) is 12.3. The van der Waals surface area contributed by atoms with Gasteiger partial charge in [0.15, 0.2) is 0 Å². The van der Waals surface area contributed by atoms with Gasteiger partial charge in [-0.1, -0.05) is 47.2 Å². The fourth-order valence-corrected chi connectivity index (χ4v) is 2.50. The van der Waals surface area contributed by atoms with E-state index in [4.69, 9.17) is 11.6 Å². The van der Waals surface area contributed by atoms with Crippen LogP contribution >= 0.6 is 22.9 Å². The smallest absolute Gasteiger partial charge is 0.226 e. The van der Waals surface area contributed by atoms with Crippen molar-refractivity contribution >= 4 is 34.3 Å². The number of benzene rings is 2. The molecular weight excluding hydrogens is 309 g/mol. The number of aromatic nitrogens is 2. The van der Waals surface area contributed by atoms with Crippen molar-refractivity contribution in [1.29, 1.82) is 0 Å². The molecule has 6 heteroatoms. The molecule has 3 rings (SSSR count). The van der Waals surface area contributed by atoms with Crippen LogP contribution < -0.4 is 0 Å². The fourth-order valence-electron chi connectivity index (χ4n) is 1.68. The highest BCUT2D eigenvalue weighted by atomic mass is 35.5. The van der Waals surface area contributed by atoms with Gasteiger partial charge in [-0.25, -0.2) is 9.38 Å². The molecule has 0 unspecified atom stereocenters. The molecule has 0 atom stereocenters. The Balaban J connectivity index is 1.80. The fraction of sp³-hybridized carbons (Fsp3) is 0. The lowest BCUT2D eigenvalue weighted by Gasteiger charge is -1.93. The maximum Gasteiger partial charge on any atom is 0.231 e. The number of aliphatic imine (C=N–C) groups is 1. The summed E-state index contributed by atoms with van der Waals surface area (Å²) in [6.45, 7) is 0. The van der Waals surface area contributed by atoms with Crippen molar-refractivity contribution in [2.75, 3.05) is 0 Å². The zero-order chi connectivity index (χ0) is 14.7. The van der Waals surface area contributed by atoms with Crippen molar-refractivity contribution in [2.45, 2.75) is 0 Å². The van der Waals surface area contributed by atoms with E-state index in [9.17, 15) is 4.39 Å². The van der Waals surface area contributed by atoms with Gasteiger partial charge in [-0.05, 0) is 29.8 Å². The summed E-state index contributed by atoms with van der Waals surface area (Å²) in [5, 5.41) is 9.83. The monoisotopic (exact) mass is 317 g/mol. The topological polar surface area (TPSA) is 38.1 Å². The van der Waals surface area contributed by atoms with E-state index in [1.165, 1.54) is 23.5 Å². The van der Waals surface area contributed by atoms with Gasteiger partial charge in [0, 0.05) is 16.8 Å². The van der Waals surface area contributed by atoms with Crippen molar-refractivity contribution in [3.8, 4) is 10.6 Å². The number of hydrogen-bond donors (Lipinski definition) is 0. The molecule has 104 valence electrons. The first-order valence-electron chi connectivity index (χ1n) is 6.10. The van der Waals surface area contributed by atoms with E-state index in [2.05, 4.69) is 15.2 Å². The molecule has 0 amide bonds. The minimum absolute atomic E-state index is 0.297. The Morgan fingerprint density at radius 1 is 1.10 bits per heavy atom. The quantitative estimate of drug-likeness (QED) is 0.654. The molecule has 0 bridgehead atoms. The van der Waals surface area contributed by atoms with E-state index in [1.54, 1.807) is 30.5 Å². The van der Waals surface area contributed by atoms with Crippen LogP contribution in [0.3, 0.4) is 0 Å². The summed E-state index contributed by atoms with van der Waals surface area (Å²) < 4.78 is 13.2. The molecule has 2 aromatic carbocycles. The third kappa shape index (κ3) is 3.51. The van der Waals surface area contributed by atoms with Gasteiger partial charge in [-0.15, -0.1) is 10.2 Å². The second-order valence-electron chi connectivity index (χ2n) is 4.21. The summed E-state index contributed by atoms with van der Waals surface area (Å²) in [6.07, 6.45) is 1.69. The lowest BCUT2D eigenvalue weighted by Crippen LogP contribution is -1.79. The van der Waals surface area contributed by atoms with Crippen LogP contribution in [0.2, 0.25) is 5.02 Å².